The van der Waals surface area contributed by atoms with Crippen LogP contribution < -0.4 is 0 Å². The minimum Gasteiger partial charge on any atom is -0.461 e. The van der Waals surface area contributed by atoms with E-state index in [0.29, 0.717) is 0 Å². The van der Waals surface area contributed by atoms with Crippen molar-refractivity contribution in [2.45, 2.75) is 111 Å². The highest BCUT2D eigenvalue weighted by Gasteiger charge is 2.88. The van der Waals surface area contributed by atoms with E-state index in [4.69, 9.17) is 23.7 Å². The number of carbonyl (C=O) groups is 6. The van der Waals surface area contributed by atoms with Crippen molar-refractivity contribution in [1.82, 2.24) is 0 Å². The summed E-state index contributed by atoms with van der Waals surface area (Å²) in [6.45, 7) is 13.3. The zero-order chi connectivity index (χ0) is 35.1. The number of hydrogen-bond acceptors (Lipinski definition) is 12. The molecule has 256 valence electrons. The van der Waals surface area contributed by atoms with Crippen molar-refractivity contribution >= 4 is 35.6 Å². The molecule has 5 rings (SSSR count). The highest BCUT2D eigenvalue weighted by molar-refractivity contribution is 5.97. The molecule has 0 aliphatic heterocycles. The van der Waals surface area contributed by atoms with Gasteiger partial charge >= 0.3 is 29.8 Å². The van der Waals surface area contributed by atoms with Gasteiger partial charge in [-0.3, -0.25) is 24.0 Å². The van der Waals surface area contributed by atoms with Crippen LogP contribution in [0.25, 0.3) is 0 Å². The molecule has 4 saturated carbocycles. The van der Waals surface area contributed by atoms with E-state index >= 15 is 0 Å². The average molecular weight is 657 g/mol. The number of ether oxygens (including phenoxy) is 5. The molecule has 12 nitrogen and oxygen atoms in total. The summed E-state index contributed by atoms with van der Waals surface area (Å²) in [4.78, 5) is 79.1. The van der Waals surface area contributed by atoms with Crippen molar-refractivity contribution < 1.29 is 57.6 Å². The van der Waals surface area contributed by atoms with E-state index in [-0.39, 0.29) is 24.2 Å². The lowest BCUT2D eigenvalue weighted by Gasteiger charge is -2.62. The molecule has 0 bridgehead atoms. The van der Waals surface area contributed by atoms with E-state index in [1.165, 1.54) is 20.8 Å². The second kappa shape index (κ2) is 11.1. The molecule has 0 spiro atoms. The fourth-order valence-corrected chi connectivity index (χ4v) is 9.91. The number of benzene rings is 1. The Morgan fingerprint density at radius 1 is 0.787 bits per heavy atom. The molecule has 4 fully saturated rings. The van der Waals surface area contributed by atoms with E-state index in [0.717, 1.165) is 6.92 Å². The maximum atomic E-state index is 14.3. The zero-order valence-electron chi connectivity index (χ0n) is 28.3. The number of ketones is 1. The Morgan fingerprint density at radius 3 is 1.87 bits per heavy atom. The van der Waals surface area contributed by atoms with E-state index < -0.39 is 99.5 Å². The van der Waals surface area contributed by atoms with Crippen LogP contribution in [0.2, 0.25) is 0 Å². The number of fused-ring (bicyclic) bond motifs is 4. The van der Waals surface area contributed by atoms with Gasteiger partial charge in [0.05, 0.1) is 11.5 Å². The first kappa shape index (κ1) is 34.5. The van der Waals surface area contributed by atoms with Crippen LogP contribution in [-0.4, -0.2) is 76.4 Å². The second-order valence-electron chi connectivity index (χ2n) is 14.9. The first-order valence-electron chi connectivity index (χ1n) is 15.9. The van der Waals surface area contributed by atoms with Crippen molar-refractivity contribution in [1.29, 1.82) is 0 Å². The van der Waals surface area contributed by atoms with E-state index in [1.807, 2.05) is 0 Å². The number of rotatable bonds is 6. The minimum atomic E-state index is -2.31. The van der Waals surface area contributed by atoms with Crippen LogP contribution in [0.4, 0.5) is 0 Å². The Labute approximate surface area is 273 Å². The molecule has 0 saturated heterocycles. The first-order valence-corrected chi connectivity index (χ1v) is 15.9. The van der Waals surface area contributed by atoms with Gasteiger partial charge in [-0.25, -0.2) is 4.79 Å². The largest absolute Gasteiger partial charge is 0.461 e. The summed E-state index contributed by atoms with van der Waals surface area (Å²) >= 11 is 0. The van der Waals surface area contributed by atoms with Crippen LogP contribution in [0.5, 0.6) is 0 Å². The molecule has 0 unspecified atom stereocenters. The van der Waals surface area contributed by atoms with Crippen molar-refractivity contribution in [2.24, 2.45) is 34.0 Å². The Balaban J connectivity index is 1.81. The summed E-state index contributed by atoms with van der Waals surface area (Å²) in [5.74, 6) is -7.10. The summed E-state index contributed by atoms with van der Waals surface area (Å²) in [7, 11) is 0. The lowest BCUT2D eigenvalue weighted by molar-refractivity contribution is -0.300. The Morgan fingerprint density at radius 2 is 1.34 bits per heavy atom. The molecule has 4 aliphatic carbocycles. The van der Waals surface area contributed by atoms with E-state index in [1.54, 1.807) is 65.0 Å². The lowest BCUT2D eigenvalue weighted by Crippen LogP contribution is -2.75. The fraction of sp³-hybridized carbons (Fsp3) is 0.657. The predicted molar refractivity (Wildman–Crippen MR) is 162 cm³/mol. The van der Waals surface area contributed by atoms with Crippen LogP contribution in [0.3, 0.4) is 0 Å². The maximum Gasteiger partial charge on any atom is 0.338 e. The standard InChI is InChI=1S/C35H44O12/c1-17-25(46-28(40)22-13-11-10-12-14-22)24-27(44-19(3)37)32(8)16-34(47-21(5)39)23(15-31(6,7)29(34)41)33(32,9)30(45-20(4)38)35(24,42)26(17)43-18(2)36/h10-14,17,23-27,30,42H,15-16H2,1-9H3/t17-,23+,24-,25-,26-,27+,30-,32+,33-,34+,35+/m1/s1. The summed E-state index contributed by atoms with van der Waals surface area (Å²) in [6.07, 6.45) is -5.43. The van der Waals surface area contributed by atoms with Crippen LogP contribution >= 0.6 is 0 Å². The van der Waals surface area contributed by atoms with Gasteiger partial charge in [-0.1, -0.05) is 52.8 Å². The molecule has 0 aromatic heterocycles. The van der Waals surface area contributed by atoms with Crippen LogP contribution in [0.1, 0.15) is 85.5 Å². The van der Waals surface area contributed by atoms with Gasteiger partial charge in [-0.15, -0.1) is 0 Å². The predicted octanol–water partition coefficient (Wildman–Crippen LogP) is 3.35. The smallest absolute Gasteiger partial charge is 0.338 e. The second-order valence-corrected chi connectivity index (χ2v) is 14.9. The number of esters is 5. The molecular formula is C35H44O12. The maximum absolute atomic E-state index is 14.3. The summed E-state index contributed by atoms with van der Waals surface area (Å²) in [5.41, 5.74) is -7.57. The Bertz CT molecular complexity index is 1520. The summed E-state index contributed by atoms with van der Waals surface area (Å²) in [6, 6.07) is 8.14. The molecule has 0 heterocycles. The number of carbonyl (C=O) groups excluding carboxylic acids is 6. The van der Waals surface area contributed by atoms with Crippen molar-refractivity contribution in [3.05, 3.63) is 35.9 Å². The van der Waals surface area contributed by atoms with Gasteiger partial charge < -0.3 is 28.8 Å². The third-order valence-corrected chi connectivity index (χ3v) is 11.6. The van der Waals surface area contributed by atoms with Gasteiger partial charge in [-0.05, 0) is 18.6 Å². The van der Waals surface area contributed by atoms with E-state index in [2.05, 4.69) is 0 Å². The molecule has 0 amide bonds. The normalized spacial score (nSPS) is 41.1. The van der Waals surface area contributed by atoms with Crippen LogP contribution in [0.15, 0.2) is 30.3 Å². The van der Waals surface area contributed by atoms with Crippen molar-refractivity contribution in [3.63, 3.8) is 0 Å². The van der Waals surface area contributed by atoms with Crippen LogP contribution in [0, 0.1) is 34.0 Å². The highest BCUT2D eigenvalue weighted by Crippen LogP contribution is 2.77. The number of Topliss-reactive ketones (excluding diaryl/α,β-unsaturated/α-hetero) is 1. The average Bonchev–Trinajstić information content (AvgIpc) is 3.37. The topological polar surface area (TPSA) is 169 Å². The molecule has 12 heteroatoms. The van der Waals surface area contributed by atoms with Crippen LogP contribution in [-0.2, 0) is 47.7 Å². The summed E-state index contributed by atoms with van der Waals surface area (Å²) in [5, 5.41) is 13.2. The molecule has 4 aliphatic rings. The van der Waals surface area contributed by atoms with Gasteiger partial charge in [0.1, 0.15) is 30.0 Å². The molecule has 1 aromatic carbocycles. The Hall–Kier alpha value is -3.80. The quantitative estimate of drug-likeness (QED) is 0.351. The molecule has 47 heavy (non-hydrogen) atoms. The monoisotopic (exact) mass is 656 g/mol. The van der Waals surface area contributed by atoms with Crippen molar-refractivity contribution in [3.8, 4) is 0 Å². The SMILES string of the molecule is CC(=O)O[C@@H]1[C@H](C)[C@@H](OC(=O)c2ccccc2)[C@@H]2[C@H](OC(C)=O)[C@]3(C)C[C@@]4(OC(C)=O)C(=O)C(C)(C)C[C@H]4[C@]3(C)[C@@H](OC(C)=O)[C@]21O. The third-order valence-electron chi connectivity index (χ3n) is 11.6. The van der Waals surface area contributed by atoms with Gasteiger partial charge in [0, 0.05) is 62.2 Å². The fourth-order valence-electron chi connectivity index (χ4n) is 9.91. The first-order chi connectivity index (χ1) is 21.7. The highest BCUT2D eigenvalue weighted by atomic mass is 16.6. The summed E-state index contributed by atoms with van der Waals surface area (Å²) < 4.78 is 30.1. The van der Waals surface area contributed by atoms with E-state index in [9.17, 15) is 33.9 Å². The Kier molecular flexibility index (Phi) is 8.18. The van der Waals surface area contributed by atoms with Gasteiger partial charge in [0.2, 0.25) is 0 Å². The third kappa shape index (κ3) is 4.80. The minimum absolute atomic E-state index is 0.142. The molecule has 11 atom stereocenters. The number of hydrogen-bond donors (Lipinski definition) is 1. The lowest BCUT2D eigenvalue weighted by atomic mass is 9.47. The van der Waals surface area contributed by atoms with Crippen molar-refractivity contribution in [2.75, 3.05) is 0 Å². The van der Waals surface area contributed by atoms with Gasteiger partial charge in [0.25, 0.3) is 0 Å². The zero-order valence-corrected chi connectivity index (χ0v) is 28.3. The molecular weight excluding hydrogens is 612 g/mol. The number of aliphatic hydroxyl groups is 1. The molecule has 1 N–H and O–H groups in total. The molecule has 0 radical (unpaired) electrons. The van der Waals surface area contributed by atoms with Gasteiger partial charge in [-0.2, -0.15) is 0 Å². The molecule has 1 aromatic rings. The van der Waals surface area contributed by atoms with Gasteiger partial charge in [0.15, 0.2) is 11.4 Å².